The second kappa shape index (κ2) is 3.33. The molecule has 62 valence electrons. The second-order valence-electron chi connectivity index (χ2n) is 2.15. The minimum absolute atomic E-state index is 0.0108. The van der Waals surface area contributed by atoms with Crippen LogP contribution in [-0.4, -0.2) is 4.92 Å². The second-order valence-corrected chi connectivity index (χ2v) is 2.15. The van der Waals surface area contributed by atoms with Crippen molar-refractivity contribution >= 4 is 11.4 Å². The van der Waals surface area contributed by atoms with Gasteiger partial charge in [-0.1, -0.05) is 12.1 Å². The van der Waals surface area contributed by atoms with Gasteiger partial charge in [0, 0.05) is 6.07 Å². The molecular formula is C8H3N3O2. The van der Waals surface area contributed by atoms with Gasteiger partial charge in [0.15, 0.2) is 0 Å². The van der Waals surface area contributed by atoms with Crippen molar-refractivity contribution in [2.24, 2.45) is 0 Å². The number of nitro groups is 1. The fourth-order valence-electron chi connectivity index (χ4n) is 0.888. The molecule has 0 bridgehead atoms. The molecule has 0 atom stereocenters. The Labute approximate surface area is 73.8 Å². The number of rotatable bonds is 1. The third-order valence-corrected chi connectivity index (χ3v) is 1.45. The molecule has 0 aromatic heterocycles. The van der Waals surface area contributed by atoms with E-state index in [4.69, 9.17) is 11.8 Å². The summed E-state index contributed by atoms with van der Waals surface area (Å²) in [5.41, 5.74) is -0.491. The van der Waals surface area contributed by atoms with Gasteiger partial charge in [-0.2, -0.15) is 5.26 Å². The molecule has 1 rings (SSSR count). The first-order chi connectivity index (χ1) is 6.20. The molecule has 0 saturated heterocycles. The van der Waals surface area contributed by atoms with Crippen molar-refractivity contribution in [2.75, 3.05) is 0 Å². The van der Waals surface area contributed by atoms with Crippen LogP contribution in [0.25, 0.3) is 4.85 Å². The number of hydrogen-bond donors (Lipinski definition) is 0. The van der Waals surface area contributed by atoms with Crippen LogP contribution in [0.15, 0.2) is 18.2 Å². The van der Waals surface area contributed by atoms with Crippen LogP contribution in [0.5, 0.6) is 0 Å². The summed E-state index contributed by atoms with van der Waals surface area (Å²) in [6.07, 6.45) is 0. The Morgan fingerprint density at radius 3 is 2.77 bits per heavy atom. The van der Waals surface area contributed by atoms with Gasteiger partial charge in [0.05, 0.1) is 17.6 Å². The van der Waals surface area contributed by atoms with Crippen molar-refractivity contribution < 1.29 is 4.92 Å². The summed E-state index contributed by atoms with van der Waals surface area (Å²) in [6.45, 7) is 6.68. The molecule has 0 N–H and O–H groups in total. The predicted octanol–water partition coefficient (Wildman–Crippen LogP) is 2.02. The third kappa shape index (κ3) is 1.44. The number of nitro benzene ring substituents is 1. The SMILES string of the molecule is [C-]#[N+]c1cccc([N+](=O)[O-])c1C#N. The minimum atomic E-state index is -0.673. The number of nitriles is 1. The Morgan fingerprint density at radius 1 is 1.62 bits per heavy atom. The highest BCUT2D eigenvalue weighted by atomic mass is 16.6. The van der Waals surface area contributed by atoms with Crippen LogP contribution in [0.3, 0.4) is 0 Å². The summed E-state index contributed by atoms with van der Waals surface area (Å²) in [6, 6.07) is 5.60. The van der Waals surface area contributed by atoms with E-state index in [0.717, 1.165) is 0 Å². The molecule has 0 saturated carbocycles. The number of hydrogen-bond acceptors (Lipinski definition) is 3. The zero-order valence-electron chi connectivity index (χ0n) is 6.39. The van der Waals surface area contributed by atoms with Crippen molar-refractivity contribution in [1.82, 2.24) is 0 Å². The van der Waals surface area contributed by atoms with E-state index in [1.807, 2.05) is 0 Å². The maximum absolute atomic E-state index is 10.4. The fraction of sp³-hybridized carbons (Fsp3) is 0. The van der Waals surface area contributed by atoms with Gasteiger partial charge in [0.25, 0.3) is 5.69 Å². The van der Waals surface area contributed by atoms with Crippen LogP contribution in [0, 0.1) is 28.0 Å². The molecule has 0 fully saturated rings. The first-order valence-corrected chi connectivity index (χ1v) is 3.25. The van der Waals surface area contributed by atoms with Crippen LogP contribution >= 0.6 is 0 Å². The van der Waals surface area contributed by atoms with Crippen molar-refractivity contribution in [3.05, 3.63) is 45.3 Å². The lowest BCUT2D eigenvalue weighted by Crippen LogP contribution is -1.91. The molecule has 0 heterocycles. The third-order valence-electron chi connectivity index (χ3n) is 1.45. The van der Waals surface area contributed by atoms with Gasteiger partial charge in [-0.05, 0) is 0 Å². The topological polar surface area (TPSA) is 71.3 Å². The van der Waals surface area contributed by atoms with Crippen molar-refractivity contribution in [3.63, 3.8) is 0 Å². The lowest BCUT2D eigenvalue weighted by atomic mass is 10.1. The first-order valence-electron chi connectivity index (χ1n) is 3.25. The van der Waals surface area contributed by atoms with E-state index < -0.39 is 4.92 Å². The van der Waals surface area contributed by atoms with Gasteiger partial charge in [-0.15, -0.1) is 0 Å². The summed E-state index contributed by atoms with van der Waals surface area (Å²) in [5, 5.41) is 19.0. The van der Waals surface area contributed by atoms with Gasteiger partial charge in [0.2, 0.25) is 5.69 Å². The number of benzene rings is 1. The maximum atomic E-state index is 10.4. The van der Waals surface area contributed by atoms with Gasteiger partial charge in [0.1, 0.15) is 5.56 Å². The Morgan fingerprint density at radius 2 is 2.31 bits per heavy atom. The van der Waals surface area contributed by atoms with Crippen LogP contribution in [0.2, 0.25) is 0 Å². The average molecular weight is 173 g/mol. The summed E-state index contributed by atoms with van der Waals surface area (Å²) < 4.78 is 0. The Bertz CT molecular complexity index is 440. The Hall–Kier alpha value is -2.40. The quantitative estimate of drug-likeness (QED) is 0.370. The Balaban J connectivity index is 3.49. The molecule has 0 spiro atoms. The van der Waals surface area contributed by atoms with E-state index in [1.54, 1.807) is 6.07 Å². The molecule has 5 heteroatoms. The van der Waals surface area contributed by atoms with Crippen molar-refractivity contribution in [1.29, 1.82) is 5.26 Å². The number of nitrogens with zero attached hydrogens (tertiary/aromatic N) is 3. The van der Waals surface area contributed by atoms with Crippen LogP contribution in [0.1, 0.15) is 5.56 Å². The van der Waals surface area contributed by atoms with E-state index in [9.17, 15) is 10.1 Å². The van der Waals surface area contributed by atoms with Crippen LogP contribution in [0.4, 0.5) is 11.4 Å². The molecule has 0 amide bonds. The minimum Gasteiger partial charge on any atom is -0.258 e. The first kappa shape index (κ1) is 8.69. The van der Waals surface area contributed by atoms with Crippen molar-refractivity contribution in [2.45, 2.75) is 0 Å². The standard InChI is InChI=1S/C8H3N3O2/c1-10-7-3-2-4-8(11(12)13)6(7)5-9/h2-4H. The molecule has 5 nitrogen and oxygen atoms in total. The zero-order valence-corrected chi connectivity index (χ0v) is 6.39. The van der Waals surface area contributed by atoms with E-state index in [0.29, 0.717) is 0 Å². The fourth-order valence-corrected chi connectivity index (χ4v) is 0.888. The van der Waals surface area contributed by atoms with Crippen LogP contribution < -0.4 is 0 Å². The highest BCUT2D eigenvalue weighted by Crippen LogP contribution is 2.27. The van der Waals surface area contributed by atoms with E-state index in [1.165, 1.54) is 18.2 Å². The molecule has 1 aromatic rings. The summed E-state index contributed by atoms with van der Waals surface area (Å²) in [5.74, 6) is 0. The van der Waals surface area contributed by atoms with E-state index >= 15 is 0 Å². The Kier molecular flexibility index (Phi) is 2.23. The highest BCUT2D eigenvalue weighted by molar-refractivity contribution is 5.67. The summed E-state index contributed by atoms with van der Waals surface area (Å²) in [7, 11) is 0. The molecule has 1 aromatic carbocycles. The van der Waals surface area contributed by atoms with E-state index in [2.05, 4.69) is 4.85 Å². The predicted molar refractivity (Wildman–Crippen MR) is 44.1 cm³/mol. The summed E-state index contributed by atoms with van der Waals surface area (Å²) in [4.78, 5) is 12.7. The molecule has 0 aliphatic carbocycles. The average Bonchev–Trinajstić information content (AvgIpc) is 2.16. The molecule has 0 aliphatic rings. The lowest BCUT2D eigenvalue weighted by molar-refractivity contribution is -0.385. The van der Waals surface area contributed by atoms with Crippen molar-refractivity contribution in [3.8, 4) is 6.07 Å². The van der Waals surface area contributed by atoms with Gasteiger partial charge < -0.3 is 0 Å². The van der Waals surface area contributed by atoms with Gasteiger partial charge >= 0.3 is 0 Å². The zero-order chi connectivity index (χ0) is 9.84. The molecule has 0 radical (unpaired) electrons. The van der Waals surface area contributed by atoms with Gasteiger partial charge in [-0.25, -0.2) is 4.85 Å². The van der Waals surface area contributed by atoms with E-state index in [-0.39, 0.29) is 16.9 Å². The molecule has 13 heavy (non-hydrogen) atoms. The highest BCUT2D eigenvalue weighted by Gasteiger charge is 2.16. The monoisotopic (exact) mass is 173 g/mol. The summed E-state index contributed by atoms with van der Waals surface area (Å²) >= 11 is 0. The lowest BCUT2D eigenvalue weighted by Gasteiger charge is -1.94. The molecule has 0 unspecified atom stereocenters. The largest absolute Gasteiger partial charge is 0.276 e. The normalized spacial score (nSPS) is 8.46. The van der Waals surface area contributed by atoms with Gasteiger partial charge in [-0.3, -0.25) is 10.1 Å². The maximum Gasteiger partial charge on any atom is 0.276 e. The smallest absolute Gasteiger partial charge is 0.258 e. The molecule has 0 aliphatic heterocycles. The molecular weight excluding hydrogens is 170 g/mol. The van der Waals surface area contributed by atoms with Crippen LogP contribution in [-0.2, 0) is 0 Å².